The van der Waals surface area contributed by atoms with Crippen LogP contribution in [0.4, 0.5) is 0 Å². The van der Waals surface area contributed by atoms with E-state index in [0.717, 1.165) is 5.75 Å². The van der Waals surface area contributed by atoms with Gasteiger partial charge in [-0.05, 0) is 17.2 Å². The predicted molar refractivity (Wildman–Crippen MR) is 52.8 cm³/mol. The van der Waals surface area contributed by atoms with Crippen LogP contribution in [0.2, 0.25) is 0 Å². The highest BCUT2D eigenvalue weighted by molar-refractivity contribution is 8.04. The molecule has 1 aliphatic heterocycles. The fraction of sp³-hybridized carbons (Fsp3) is 0.429. The van der Waals surface area contributed by atoms with Gasteiger partial charge in [0.15, 0.2) is 12.3 Å². The van der Waals surface area contributed by atoms with Crippen molar-refractivity contribution in [1.29, 1.82) is 0 Å². The van der Waals surface area contributed by atoms with Gasteiger partial charge in [0.05, 0.1) is 0 Å². The first-order valence-corrected chi connectivity index (χ1v) is 4.92. The van der Waals surface area contributed by atoms with Crippen LogP contribution < -0.4 is 0 Å². The van der Waals surface area contributed by atoms with Crippen LogP contribution in [0.1, 0.15) is 0 Å². The SMILES string of the molecule is O=CC(C(=O)O)N1CCSC1=C=S. The maximum absolute atomic E-state index is 10.6. The van der Waals surface area contributed by atoms with Gasteiger partial charge in [-0.25, -0.2) is 4.79 Å². The van der Waals surface area contributed by atoms with Gasteiger partial charge in [-0.2, -0.15) is 0 Å². The van der Waals surface area contributed by atoms with Crippen molar-refractivity contribution in [3.63, 3.8) is 0 Å². The Balaban J connectivity index is 2.85. The molecule has 1 fully saturated rings. The number of carbonyl (C=O) groups excluding carboxylic acids is 1. The number of carboxylic acids is 1. The zero-order valence-corrected chi connectivity index (χ0v) is 8.23. The van der Waals surface area contributed by atoms with E-state index in [1.54, 1.807) is 0 Å². The van der Waals surface area contributed by atoms with Crippen LogP contribution >= 0.6 is 24.0 Å². The molecule has 1 N–H and O–H groups in total. The Morgan fingerprint density at radius 3 is 3.00 bits per heavy atom. The van der Waals surface area contributed by atoms with Crippen molar-refractivity contribution < 1.29 is 14.7 Å². The van der Waals surface area contributed by atoms with Gasteiger partial charge < -0.3 is 14.8 Å². The summed E-state index contributed by atoms with van der Waals surface area (Å²) < 4.78 is 0. The standard InChI is InChI=1S/C7H7NO3S2/c9-3-5(7(10)11)8-1-2-13-6(8)4-12/h3,5H,1-2H2,(H,10,11). The third-order valence-corrected chi connectivity index (χ3v) is 2.96. The fourth-order valence-corrected chi connectivity index (χ4v) is 2.25. The molecule has 0 aromatic carbocycles. The van der Waals surface area contributed by atoms with E-state index in [-0.39, 0.29) is 0 Å². The average Bonchev–Trinajstić information content (AvgIpc) is 2.53. The summed E-state index contributed by atoms with van der Waals surface area (Å²) in [7, 11) is 0. The topological polar surface area (TPSA) is 57.6 Å². The molecule has 0 spiro atoms. The van der Waals surface area contributed by atoms with Crippen molar-refractivity contribution in [1.82, 2.24) is 4.90 Å². The fourth-order valence-electron chi connectivity index (χ4n) is 1.04. The van der Waals surface area contributed by atoms with Gasteiger partial charge in [-0.3, -0.25) is 0 Å². The van der Waals surface area contributed by atoms with Crippen LogP contribution in [0.3, 0.4) is 0 Å². The van der Waals surface area contributed by atoms with E-state index in [1.165, 1.54) is 16.7 Å². The molecular weight excluding hydrogens is 210 g/mol. The predicted octanol–water partition coefficient (Wildman–Crippen LogP) is 0.127. The van der Waals surface area contributed by atoms with Crippen molar-refractivity contribution >= 4 is 41.3 Å². The summed E-state index contributed by atoms with van der Waals surface area (Å²) in [6.45, 7) is 0.527. The minimum absolute atomic E-state index is 0.404. The molecule has 1 unspecified atom stereocenters. The first kappa shape index (κ1) is 10.2. The van der Waals surface area contributed by atoms with Crippen LogP contribution in [-0.4, -0.2) is 45.6 Å². The smallest absolute Gasteiger partial charge is 0.333 e. The van der Waals surface area contributed by atoms with Crippen LogP contribution in [-0.2, 0) is 9.59 Å². The molecule has 0 aromatic heterocycles. The Hall–Kier alpha value is -0.840. The molecule has 13 heavy (non-hydrogen) atoms. The summed E-state index contributed by atoms with van der Waals surface area (Å²) in [6.07, 6.45) is 0.404. The molecule has 6 heteroatoms. The van der Waals surface area contributed by atoms with Gasteiger partial charge in [-0.1, -0.05) is 11.8 Å². The van der Waals surface area contributed by atoms with E-state index >= 15 is 0 Å². The second-order valence-corrected chi connectivity index (χ2v) is 3.66. The van der Waals surface area contributed by atoms with Crippen molar-refractivity contribution in [3.05, 3.63) is 5.03 Å². The Kier molecular flexibility index (Phi) is 3.48. The number of hydrogen-bond acceptors (Lipinski definition) is 5. The van der Waals surface area contributed by atoms with E-state index in [4.69, 9.17) is 5.11 Å². The molecule has 0 saturated carbocycles. The summed E-state index contributed by atoms with van der Waals surface area (Å²) >= 11 is 6.00. The molecule has 0 aromatic rings. The lowest BCUT2D eigenvalue weighted by Crippen LogP contribution is -2.39. The van der Waals surface area contributed by atoms with Crippen LogP contribution in [0.25, 0.3) is 0 Å². The lowest BCUT2D eigenvalue weighted by atomic mass is 10.3. The molecule has 4 nitrogen and oxygen atoms in total. The van der Waals surface area contributed by atoms with E-state index in [0.29, 0.717) is 17.9 Å². The van der Waals surface area contributed by atoms with Gasteiger partial charge in [0, 0.05) is 12.3 Å². The second kappa shape index (κ2) is 4.41. The molecule has 1 saturated heterocycles. The largest absolute Gasteiger partial charge is 0.479 e. The van der Waals surface area contributed by atoms with Crippen LogP contribution in [0.5, 0.6) is 0 Å². The molecule has 0 bridgehead atoms. The van der Waals surface area contributed by atoms with Gasteiger partial charge >= 0.3 is 5.97 Å². The summed E-state index contributed by atoms with van der Waals surface area (Å²) in [4.78, 5) is 22.6. The molecule has 70 valence electrons. The van der Waals surface area contributed by atoms with Gasteiger partial charge in [0.25, 0.3) is 0 Å². The second-order valence-electron chi connectivity index (χ2n) is 2.37. The third-order valence-electron chi connectivity index (χ3n) is 1.64. The number of nitrogens with zero attached hydrogens (tertiary/aromatic N) is 1. The van der Waals surface area contributed by atoms with Gasteiger partial charge in [0.2, 0.25) is 0 Å². The Labute approximate surface area is 84.6 Å². The third kappa shape index (κ3) is 2.09. The highest BCUT2D eigenvalue weighted by atomic mass is 32.2. The number of carboxylic acid groups (broad SMARTS) is 1. The summed E-state index contributed by atoms with van der Waals surface area (Å²) in [5.41, 5.74) is 0. The molecule has 1 rings (SSSR count). The minimum Gasteiger partial charge on any atom is -0.479 e. The van der Waals surface area contributed by atoms with Crippen molar-refractivity contribution in [2.45, 2.75) is 6.04 Å². The number of aliphatic carboxylic acids is 1. The molecule has 0 amide bonds. The molecule has 0 radical (unpaired) electrons. The summed E-state index contributed by atoms with van der Waals surface area (Å²) in [5, 5.41) is 11.7. The zero-order chi connectivity index (χ0) is 9.84. The lowest BCUT2D eigenvalue weighted by molar-refractivity contribution is -0.143. The Morgan fingerprint density at radius 1 is 1.85 bits per heavy atom. The number of carbonyl (C=O) groups is 2. The maximum atomic E-state index is 10.6. The first-order chi connectivity index (χ1) is 6.20. The summed E-state index contributed by atoms with van der Waals surface area (Å²) in [6, 6.07) is -1.12. The quantitative estimate of drug-likeness (QED) is 0.412. The molecular formula is C7H7NO3S2. The lowest BCUT2D eigenvalue weighted by Gasteiger charge is -2.20. The minimum atomic E-state index is -1.15. The number of hydrogen-bond donors (Lipinski definition) is 1. The van der Waals surface area contributed by atoms with Crippen molar-refractivity contribution in [2.24, 2.45) is 0 Å². The van der Waals surface area contributed by atoms with Gasteiger partial charge in [-0.15, -0.1) is 0 Å². The molecule has 1 aliphatic rings. The highest BCUT2D eigenvalue weighted by Crippen LogP contribution is 2.26. The number of rotatable bonds is 3. The van der Waals surface area contributed by atoms with E-state index < -0.39 is 12.0 Å². The van der Waals surface area contributed by atoms with Crippen molar-refractivity contribution in [3.8, 4) is 0 Å². The normalized spacial score (nSPS) is 18.2. The zero-order valence-electron chi connectivity index (χ0n) is 6.60. The molecule has 0 aliphatic carbocycles. The number of thiocarbonyl (C=S) groups is 1. The van der Waals surface area contributed by atoms with Crippen molar-refractivity contribution in [2.75, 3.05) is 12.3 Å². The average molecular weight is 217 g/mol. The Bertz CT molecular complexity index is 285. The molecule has 1 atom stereocenters. The number of aldehydes is 1. The number of thioether (sulfide) groups is 1. The highest BCUT2D eigenvalue weighted by Gasteiger charge is 2.30. The molecule has 1 heterocycles. The Morgan fingerprint density at radius 2 is 2.54 bits per heavy atom. The van der Waals surface area contributed by atoms with Gasteiger partial charge in [0.1, 0.15) is 5.03 Å². The van der Waals surface area contributed by atoms with E-state index in [1.807, 2.05) is 0 Å². The first-order valence-electron chi connectivity index (χ1n) is 3.53. The maximum Gasteiger partial charge on any atom is 0.333 e. The van der Waals surface area contributed by atoms with Crippen LogP contribution in [0, 0.1) is 0 Å². The summed E-state index contributed by atoms with van der Waals surface area (Å²) in [5.74, 6) is -0.406. The van der Waals surface area contributed by atoms with E-state index in [2.05, 4.69) is 17.2 Å². The van der Waals surface area contributed by atoms with Crippen LogP contribution in [0.15, 0.2) is 5.03 Å². The van der Waals surface area contributed by atoms with E-state index in [9.17, 15) is 9.59 Å². The monoisotopic (exact) mass is 217 g/mol.